The number of nitrogens with one attached hydrogen (secondary N) is 1. The Labute approximate surface area is 99.7 Å². The van der Waals surface area contributed by atoms with Crippen LogP contribution in [0.15, 0.2) is 30.3 Å². The maximum absolute atomic E-state index is 10.7. The molecule has 0 spiro atoms. The average Bonchev–Trinajstić information content (AvgIpc) is 2.31. The first kappa shape index (κ1) is 13.6. The average molecular weight is 239 g/mol. The molecule has 2 unspecified atom stereocenters. The van der Waals surface area contributed by atoms with E-state index in [9.17, 15) is 15.0 Å². The Hall–Kier alpha value is -1.43. The second-order valence-corrected chi connectivity index (χ2v) is 4.11. The summed E-state index contributed by atoms with van der Waals surface area (Å²) < 4.78 is 0. The number of hydrogen-bond donors (Lipinski definition) is 4. The van der Waals surface area contributed by atoms with Gasteiger partial charge in [-0.1, -0.05) is 30.3 Å². The zero-order chi connectivity index (χ0) is 12.9. The zero-order valence-corrected chi connectivity index (χ0v) is 9.63. The van der Waals surface area contributed by atoms with Gasteiger partial charge in [0.1, 0.15) is 0 Å². The van der Waals surface area contributed by atoms with Crippen molar-refractivity contribution in [2.24, 2.45) is 0 Å². The number of rotatable bonds is 6. The van der Waals surface area contributed by atoms with E-state index in [1.54, 1.807) is 0 Å². The molecule has 0 saturated heterocycles. The van der Waals surface area contributed by atoms with Gasteiger partial charge in [-0.3, -0.25) is 0 Å². The van der Waals surface area contributed by atoms with Crippen molar-refractivity contribution in [2.45, 2.75) is 18.6 Å². The first-order valence-corrected chi connectivity index (χ1v) is 5.32. The van der Waals surface area contributed by atoms with Gasteiger partial charge in [0.15, 0.2) is 5.60 Å². The third kappa shape index (κ3) is 3.81. The number of carboxylic acid groups (broad SMARTS) is 1. The van der Waals surface area contributed by atoms with Gasteiger partial charge in [-0.25, -0.2) is 4.79 Å². The van der Waals surface area contributed by atoms with Crippen molar-refractivity contribution in [3.63, 3.8) is 0 Å². The summed E-state index contributed by atoms with van der Waals surface area (Å²) in [6.45, 7) is 0.907. The summed E-state index contributed by atoms with van der Waals surface area (Å²) in [4.78, 5) is 10.7. The van der Waals surface area contributed by atoms with E-state index in [1.165, 1.54) is 6.92 Å². The van der Waals surface area contributed by atoms with Crippen molar-refractivity contribution in [3.05, 3.63) is 35.9 Å². The summed E-state index contributed by atoms with van der Waals surface area (Å²) >= 11 is 0. The second-order valence-electron chi connectivity index (χ2n) is 4.11. The largest absolute Gasteiger partial charge is 0.479 e. The Bertz CT molecular complexity index is 364. The van der Waals surface area contributed by atoms with Crippen LogP contribution in [0.4, 0.5) is 0 Å². The molecule has 0 aliphatic carbocycles. The number of aliphatic hydroxyl groups excluding tert-OH is 1. The molecule has 1 aromatic rings. The highest BCUT2D eigenvalue weighted by Crippen LogP contribution is 2.13. The molecule has 0 aliphatic rings. The summed E-state index contributed by atoms with van der Waals surface area (Å²) in [6.07, 6.45) is 0. The zero-order valence-electron chi connectivity index (χ0n) is 9.63. The van der Waals surface area contributed by atoms with Crippen molar-refractivity contribution in [3.8, 4) is 0 Å². The maximum Gasteiger partial charge on any atom is 0.336 e. The van der Waals surface area contributed by atoms with Crippen molar-refractivity contribution in [1.82, 2.24) is 5.32 Å². The van der Waals surface area contributed by atoms with E-state index in [0.29, 0.717) is 0 Å². The SMILES string of the molecule is CC(O)(CNC(CO)c1ccccc1)C(=O)O. The van der Waals surface area contributed by atoms with Gasteiger partial charge in [-0.2, -0.15) is 0 Å². The predicted octanol–water partition coefficient (Wildman–Crippen LogP) is 0.145. The summed E-state index contributed by atoms with van der Waals surface area (Å²) in [7, 11) is 0. The summed E-state index contributed by atoms with van der Waals surface area (Å²) in [5, 5.41) is 30.3. The van der Waals surface area contributed by atoms with Crippen LogP contribution in [-0.2, 0) is 4.79 Å². The lowest BCUT2D eigenvalue weighted by molar-refractivity contribution is -0.156. The lowest BCUT2D eigenvalue weighted by Gasteiger charge is -2.23. The van der Waals surface area contributed by atoms with Gasteiger partial charge >= 0.3 is 5.97 Å². The summed E-state index contributed by atoms with van der Waals surface area (Å²) in [5.74, 6) is -1.30. The topological polar surface area (TPSA) is 89.8 Å². The number of aliphatic carboxylic acids is 1. The molecule has 17 heavy (non-hydrogen) atoms. The quantitative estimate of drug-likeness (QED) is 0.567. The Kier molecular flexibility index (Phi) is 4.62. The molecular formula is C12H17NO4. The molecule has 0 aromatic heterocycles. The van der Waals surface area contributed by atoms with Gasteiger partial charge in [-0.15, -0.1) is 0 Å². The van der Waals surface area contributed by atoms with Crippen LogP contribution in [0.1, 0.15) is 18.5 Å². The van der Waals surface area contributed by atoms with Crippen molar-refractivity contribution >= 4 is 5.97 Å². The Morgan fingerprint density at radius 2 is 2.00 bits per heavy atom. The highest BCUT2D eigenvalue weighted by molar-refractivity contribution is 5.76. The molecule has 0 radical (unpaired) electrons. The van der Waals surface area contributed by atoms with Crippen LogP contribution in [0.3, 0.4) is 0 Å². The number of aliphatic hydroxyl groups is 2. The number of carboxylic acids is 1. The fraction of sp³-hybridized carbons (Fsp3) is 0.417. The summed E-state index contributed by atoms with van der Waals surface area (Å²) in [5.41, 5.74) is -1.00. The van der Waals surface area contributed by atoms with Gasteiger partial charge in [0.05, 0.1) is 12.6 Å². The molecule has 0 fully saturated rings. The first-order chi connectivity index (χ1) is 7.97. The molecule has 2 atom stereocenters. The number of benzene rings is 1. The Morgan fingerprint density at radius 3 is 2.47 bits per heavy atom. The van der Waals surface area contributed by atoms with E-state index in [4.69, 9.17) is 5.11 Å². The fourth-order valence-electron chi connectivity index (χ4n) is 1.37. The standard InChI is InChI=1S/C12H17NO4/c1-12(17,11(15)16)8-13-10(7-14)9-5-3-2-4-6-9/h2-6,10,13-14,17H,7-8H2,1H3,(H,15,16). The fourth-order valence-corrected chi connectivity index (χ4v) is 1.37. The van der Waals surface area contributed by atoms with Crippen LogP contribution in [0.5, 0.6) is 0 Å². The minimum atomic E-state index is -1.85. The minimum absolute atomic E-state index is 0.136. The lowest BCUT2D eigenvalue weighted by Crippen LogP contribution is -2.46. The minimum Gasteiger partial charge on any atom is -0.479 e. The van der Waals surface area contributed by atoms with Gasteiger partial charge in [0.2, 0.25) is 0 Å². The van der Waals surface area contributed by atoms with Crippen molar-refractivity contribution in [2.75, 3.05) is 13.2 Å². The Morgan fingerprint density at radius 1 is 1.41 bits per heavy atom. The monoisotopic (exact) mass is 239 g/mol. The van der Waals surface area contributed by atoms with E-state index in [2.05, 4.69) is 5.32 Å². The van der Waals surface area contributed by atoms with Crippen LogP contribution in [0.2, 0.25) is 0 Å². The molecule has 94 valence electrons. The van der Waals surface area contributed by atoms with Gasteiger partial charge < -0.3 is 20.6 Å². The molecule has 1 rings (SSSR count). The van der Waals surface area contributed by atoms with E-state index in [1.807, 2.05) is 30.3 Å². The molecule has 0 bridgehead atoms. The normalized spacial score (nSPS) is 16.2. The van der Waals surface area contributed by atoms with E-state index < -0.39 is 11.6 Å². The van der Waals surface area contributed by atoms with Crippen LogP contribution in [-0.4, -0.2) is 40.0 Å². The molecular weight excluding hydrogens is 222 g/mol. The summed E-state index contributed by atoms with van der Waals surface area (Å²) in [6, 6.07) is 8.77. The molecule has 0 saturated carbocycles. The highest BCUT2D eigenvalue weighted by Gasteiger charge is 2.30. The molecule has 0 aliphatic heterocycles. The van der Waals surface area contributed by atoms with Crippen LogP contribution < -0.4 is 5.32 Å². The molecule has 0 amide bonds. The first-order valence-electron chi connectivity index (χ1n) is 5.32. The van der Waals surface area contributed by atoms with Crippen molar-refractivity contribution in [1.29, 1.82) is 0 Å². The number of carbonyl (C=O) groups is 1. The van der Waals surface area contributed by atoms with E-state index >= 15 is 0 Å². The maximum atomic E-state index is 10.7. The molecule has 4 N–H and O–H groups in total. The lowest BCUT2D eigenvalue weighted by atomic mass is 10.0. The molecule has 5 heteroatoms. The molecule has 5 nitrogen and oxygen atoms in total. The highest BCUT2D eigenvalue weighted by atomic mass is 16.4. The molecule has 0 heterocycles. The van der Waals surface area contributed by atoms with Gasteiger partial charge in [0.25, 0.3) is 0 Å². The Balaban J connectivity index is 2.63. The molecule has 1 aromatic carbocycles. The third-order valence-corrected chi connectivity index (χ3v) is 2.54. The van der Waals surface area contributed by atoms with Crippen LogP contribution in [0.25, 0.3) is 0 Å². The number of hydrogen-bond acceptors (Lipinski definition) is 4. The van der Waals surface area contributed by atoms with Crippen LogP contribution in [0, 0.1) is 0 Å². The predicted molar refractivity (Wildman–Crippen MR) is 62.5 cm³/mol. The van der Waals surface area contributed by atoms with Crippen LogP contribution >= 0.6 is 0 Å². The van der Waals surface area contributed by atoms with E-state index in [-0.39, 0.29) is 19.2 Å². The van der Waals surface area contributed by atoms with E-state index in [0.717, 1.165) is 5.56 Å². The van der Waals surface area contributed by atoms with Gasteiger partial charge in [-0.05, 0) is 12.5 Å². The van der Waals surface area contributed by atoms with Crippen molar-refractivity contribution < 1.29 is 20.1 Å². The third-order valence-electron chi connectivity index (χ3n) is 2.54. The van der Waals surface area contributed by atoms with Gasteiger partial charge in [0, 0.05) is 6.54 Å². The smallest absolute Gasteiger partial charge is 0.336 e. The second kappa shape index (κ2) is 5.77.